The molecule has 0 spiro atoms. The topological polar surface area (TPSA) is 61.2 Å². The summed E-state index contributed by atoms with van der Waals surface area (Å²) in [7, 11) is 0. The monoisotopic (exact) mass is 284 g/mol. The van der Waals surface area contributed by atoms with Crippen LogP contribution in [0.3, 0.4) is 0 Å². The van der Waals surface area contributed by atoms with E-state index in [-0.39, 0.29) is 6.61 Å². The molecule has 9 heteroatoms. The van der Waals surface area contributed by atoms with Gasteiger partial charge in [-0.1, -0.05) is 0 Å². The zero-order valence-electron chi connectivity index (χ0n) is 9.12. The fourth-order valence-corrected chi connectivity index (χ4v) is 1.26. The number of rotatable bonds is 4. The van der Waals surface area contributed by atoms with E-state index in [1.165, 1.54) is 6.92 Å². The Kier molecular flexibility index (Phi) is 4.33. The minimum absolute atomic E-state index is 0.0137. The van der Waals surface area contributed by atoms with Crippen LogP contribution in [-0.4, -0.2) is 33.8 Å². The fourth-order valence-electron chi connectivity index (χ4n) is 1.17. The summed E-state index contributed by atoms with van der Waals surface area (Å²) in [5.74, 6) is -1.00. The summed E-state index contributed by atoms with van der Waals surface area (Å²) in [4.78, 5) is 22.2. The highest BCUT2D eigenvalue weighted by Gasteiger charge is 2.32. The fraction of sp³-hybridized carbons (Fsp3) is 0.444. The summed E-state index contributed by atoms with van der Waals surface area (Å²) in [5.41, 5.74) is -0.915. The third-order valence-electron chi connectivity index (χ3n) is 1.79. The molecule has 0 atom stereocenters. The highest BCUT2D eigenvalue weighted by atomic mass is 35.5. The molecule has 0 amide bonds. The lowest BCUT2D eigenvalue weighted by Crippen LogP contribution is -2.23. The molecule has 1 rings (SSSR count). The van der Waals surface area contributed by atoms with E-state index >= 15 is 0 Å². The lowest BCUT2D eigenvalue weighted by molar-refractivity contribution is -0.142. The summed E-state index contributed by atoms with van der Waals surface area (Å²) in [6.45, 7) is -0.0263. The van der Waals surface area contributed by atoms with Crippen LogP contribution in [0.2, 0.25) is 0 Å². The Morgan fingerprint density at radius 2 is 2.11 bits per heavy atom. The maximum Gasteiger partial charge on any atom is 0.408 e. The molecule has 0 unspecified atom stereocenters. The minimum Gasteiger partial charge on any atom is -0.461 e. The molecule has 0 saturated heterocycles. The van der Waals surface area contributed by atoms with Crippen LogP contribution >= 0.6 is 11.6 Å². The highest BCUT2D eigenvalue weighted by molar-refractivity contribution is 6.67. The number of nitrogens with zero attached hydrogens (tertiary/aromatic N) is 2. The van der Waals surface area contributed by atoms with Crippen molar-refractivity contribution >= 4 is 22.8 Å². The second kappa shape index (κ2) is 5.38. The van der Waals surface area contributed by atoms with Gasteiger partial charge in [0.25, 0.3) is 5.24 Å². The molecule has 0 N–H and O–H groups in total. The number of aromatic nitrogens is 2. The van der Waals surface area contributed by atoms with Crippen LogP contribution in [0.15, 0.2) is 6.07 Å². The normalized spacial score (nSPS) is 11.4. The molecule has 0 aliphatic rings. The molecular formula is C9H8ClF3N2O3. The number of ether oxygens (including phenoxy) is 1. The number of halogens is 4. The Morgan fingerprint density at radius 1 is 1.50 bits per heavy atom. The summed E-state index contributed by atoms with van der Waals surface area (Å²) in [6, 6.07) is 0.860. The SMILES string of the molecule is CCOC(=O)c1cc(C(=O)Cl)nn1CC(F)(F)F. The molecule has 100 valence electrons. The minimum atomic E-state index is -4.58. The average molecular weight is 285 g/mol. The second-order valence-corrected chi connectivity index (χ2v) is 3.53. The zero-order chi connectivity index (χ0) is 13.9. The number of alkyl halides is 3. The molecule has 1 aromatic rings. The Morgan fingerprint density at radius 3 is 2.56 bits per heavy atom. The molecule has 0 aliphatic heterocycles. The molecule has 0 fully saturated rings. The number of hydrogen-bond donors (Lipinski definition) is 0. The Hall–Kier alpha value is -1.57. The van der Waals surface area contributed by atoms with Crippen LogP contribution in [0.25, 0.3) is 0 Å². The first kappa shape index (κ1) is 14.5. The Bertz CT molecular complexity index is 470. The van der Waals surface area contributed by atoms with Crippen LogP contribution in [0.1, 0.15) is 27.9 Å². The van der Waals surface area contributed by atoms with E-state index in [1.807, 2.05) is 0 Å². The van der Waals surface area contributed by atoms with E-state index in [0.717, 1.165) is 6.07 Å². The van der Waals surface area contributed by atoms with Crippen LogP contribution in [0, 0.1) is 0 Å². The van der Waals surface area contributed by atoms with Gasteiger partial charge in [-0.3, -0.25) is 4.79 Å². The first-order valence-corrected chi connectivity index (χ1v) is 5.14. The largest absolute Gasteiger partial charge is 0.461 e. The number of carbonyl (C=O) groups excluding carboxylic acids is 2. The molecule has 0 bridgehead atoms. The van der Waals surface area contributed by atoms with Crippen molar-refractivity contribution in [2.75, 3.05) is 6.61 Å². The Labute approximate surface area is 104 Å². The van der Waals surface area contributed by atoms with Crippen molar-refractivity contribution in [2.45, 2.75) is 19.6 Å². The molecule has 1 aromatic heterocycles. The molecule has 18 heavy (non-hydrogen) atoms. The van der Waals surface area contributed by atoms with Crippen molar-refractivity contribution in [3.05, 3.63) is 17.5 Å². The predicted octanol–water partition coefficient (Wildman–Crippen LogP) is 2.00. The molecular weight excluding hydrogens is 277 g/mol. The van der Waals surface area contributed by atoms with E-state index in [9.17, 15) is 22.8 Å². The van der Waals surface area contributed by atoms with Gasteiger partial charge in [0.2, 0.25) is 0 Å². The van der Waals surface area contributed by atoms with Crippen molar-refractivity contribution in [2.24, 2.45) is 0 Å². The van der Waals surface area contributed by atoms with Crippen molar-refractivity contribution in [3.8, 4) is 0 Å². The maximum atomic E-state index is 12.3. The average Bonchev–Trinajstić information content (AvgIpc) is 2.59. The number of esters is 1. The number of hydrogen-bond acceptors (Lipinski definition) is 4. The maximum absolute atomic E-state index is 12.3. The predicted molar refractivity (Wildman–Crippen MR) is 54.4 cm³/mol. The molecule has 5 nitrogen and oxygen atoms in total. The number of carbonyl (C=O) groups is 2. The first-order valence-electron chi connectivity index (χ1n) is 4.76. The lowest BCUT2D eigenvalue weighted by atomic mass is 10.3. The summed E-state index contributed by atoms with van der Waals surface area (Å²) < 4.78 is 41.6. The standard InChI is InChI=1S/C9H8ClF3N2O3/c1-2-18-8(17)6-3-5(7(10)16)14-15(6)4-9(11,12)13/h3H,2,4H2,1H3. The first-order chi connectivity index (χ1) is 8.24. The van der Waals surface area contributed by atoms with Gasteiger partial charge in [-0.25, -0.2) is 9.48 Å². The molecule has 1 heterocycles. The third-order valence-corrected chi connectivity index (χ3v) is 1.99. The summed E-state index contributed by atoms with van der Waals surface area (Å²) >= 11 is 5.09. The van der Waals surface area contributed by atoms with Crippen molar-refractivity contribution in [3.63, 3.8) is 0 Å². The van der Waals surface area contributed by atoms with Gasteiger partial charge < -0.3 is 4.74 Å². The van der Waals surface area contributed by atoms with Crippen molar-refractivity contribution < 1.29 is 27.5 Å². The quantitative estimate of drug-likeness (QED) is 0.627. The van der Waals surface area contributed by atoms with E-state index in [0.29, 0.717) is 4.68 Å². The van der Waals surface area contributed by atoms with E-state index in [2.05, 4.69) is 9.84 Å². The zero-order valence-corrected chi connectivity index (χ0v) is 9.88. The van der Waals surface area contributed by atoms with Gasteiger partial charge in [0.05, 0.1) is 6.61 Å². The smallest absolute Gasteiger partial charge is 0.408 e. The van der Waals surface area contributed by atoms with Gasteiger partial charge in [0.1, 0.15) is 17.9 Å². The molecule has 0 aromatic carbocycles. The third kappa shape index (κ3) is 3.73. The van der Waals surface area contributed by atoms with Gasteiger partial charge in [0.15, 0.2) is 0 Å². The lowest BCUT2D eigenvalue weighted by Gasteiger charge is -2.09. The highest BCUT2D eigenvalue weighted by Crippen LogP contribution is 2.19. The van der Waals surface area contributed by atoms with Crippen LogP contribution in [-0.2, 0) is 11.3 Å². The van der Waals surface area contributed by atoms with Gasteiger partial charge in [-0.15, -0.1) is 0 Å². The van der Waals surface area contributed by atoms with Gasteiger partial charge in [-0.05, 0) is 18.5 Å². The van der Waals surface area contributed by atoms with Crippen LogP contribution in [0.5, 0.6) is 0 Å². The summed E-state index contributed by atoms with van der Waals surface area (Å²) in [5, 5.41) is 2.26. The van der Waals surface area contributed by atoms with Gasteiger partial charge in [-0.2, -0.15) is 18.3 Å². The summed E-state index contributed by atoms with van der Waals surface area (Å²) in [6.07, 6.45) is -4.58. The molecule has 0 aliphatic carbocycles. The van der Waals surface area contributed by atoms with Gasteiger partial charge >= 0.3 is 12.1 Å². The van der Waals surface area contributed by atoms with Gasteiger partial charge in [0, 0.05) is 6.07 Å². The van der Waals surface area contributed by atoms with Crippen molar-refractivity contribution in [1.82, 2.24) is 9.78 Å². The van der Waals surface area contributed by atoms with E-state index in [1.54, 1.807) is 0 Å². The second-order valence-electron chi connectivity index (χ2n) is 3.18. The van der Waals surface area contributed by atoms with E-state index in [4.69, 9.17) is 11.6 Å². The van der Waals surface area contributed by atoms with Crippen LogP contribution in [0.4, 0.5) is 13.2 Å². The molecule has 0 radical (unpaired) electrons. The van der Waals surface area contributed by atoms with Crippen molar-refractivity contribution in [1.29, 1.82) is 0 Å². The van der Waals surface area contributed by atoms with E-state index < -0.39 is 35.3 Å². The Balaban J connectivity index is 3.13. The van der Waals surface area contributed by atoms with Crippen LogP contribution < -0.4 is 0 Å². The molecule has 0 saturated carbocycles.